The molecule has 7 rings (SSSR count). The lowest BCUT2D eigenvalue weighted by molar-refractivity contribution is 0.101. The van der Waals surface area contributed by atoms with Gasteiger partial charge in [-0.1, -0.05) is 116 Å². The summed E-state index contributed by atoms with van der Waals surface area (Å²) in [6.45, 7) is 0. The lowest BCUT2D eigenvalue weighted by atomic mass is 10.1. The van der Waals surface area contributed by atoms with Gasteiger partial charge in [0.1, 0.15) is 0 Å². The first-order chi connectivity index (χ1) is 25.4. The molecule has 1 aliphatic rings. The smallest absolute Gasteiger partial charge is 0.256 e. The van der Waals surface area contributed by atoms with Crippen LogP contribution in [0.5, 0.6) is 0 Å². The highest BCUT2D eigenvalue weighted by Crippen LogP contribution is 2.42. The molecule has 52 heavy (non-hydrogen) atoms. The number of carbonyl (C=O) groups excluding carboxylic acids is 4. The second-order valence-electron chi connectivity index (χ2n) is 11.2. The number of rotatable bonds is 0. The molecule has 0 bridgehead atoms. The van der Waals surface area contributed by atoms with Crippen LogP contribution in [0.15, 0.2) is 165 Å². The van der Waals surface area contributed by atoms with Crippen molar-refractivity contribution in [2.45, 2.75) is 19.6 Å². The topological polar surface area (TPSA) is 116 Å². The SMILES string of the molecule is O=C1Nc2ccccc2NC(=O)c2ccccc2SSc2ccccc2C(=O)Nc2ccccc2NC(=O)c2ccccc2SSc2ccccc21. The van der Waals surface area contributed by atoms with Crippen molar-refractivity contribution < 1.29 is 19.2 Å². The van der Waals surface area contributed by atoms with Gasteiger partial charge < -0.3 is 21.3 Å². The molecule has 0 radical (unpaired) electrons. The number of nitrogens with one attached hydrogen (secondary N) is 4. The van der Waals surface area contributed by atoms with Crippen LogP contribution in [-0.2, 0) is 0 Å². The summed E-state index contributed by atoms with van der Waals surface area (Å²) in [6.07, 6.45) is 0. The van der Waals surface area contributed by atoms with Crippen molar-refractivity contribution in [2.75, 3.05) is 21.3 Å². The predicted octanol–water partition coefficient (Wildman–Crippen LogP) is 10.6. The first-order valence-corrected chi connectivity index (χ1v) is 20.2. The summed E-state index contributed by atoms with van der Waals surface area (Å²) in [5.74, 6) is -1.41. The van der Waals surface area contributed by atoms with E-state index in [-0.39, 0.29) is 23.6 Å². The van der Waals surface area contributed by atoms with E-state index in [2.05, 4.69) is 21.3 Å². The summed E-state index contributed by atoms with van der Waals surface area (Å²) in [5.41, 5.74) is 3.47. The van der Waals surface area contributed by atoms with Crippen LogP contribution in [0.1, 0.15) is 41.4 Å². The van der Waals surface area contributed by atoms with Crippen LogP contribution in [0, 0.1) is 0 Å². The Bertz CT molecular complexity index is 2010. The Balaban J connectivity index is 1.27. The highest BCUT2D eigenvalue weighted by molar-refractivity contribution is 8.77. The van der Waals surface area contributed by atoms with Crippen LogP contribution in [0.4, 0.5) is 22.7 Å². The van der Waals surface area contributed by atoms with Crippen LogP contribution in [0.25, 0.3) is 0 Å². The molecule has 0 atom stereocenters. The first-order valence-electron chi connectivity index (χ1n) is 15.9. The van der Waals surface area contributed by atoms with Gasteiger partial charge in [0.2, 0.25) is 0 Å². The summed E-state index contributed by atoms with van der Waals surface area (Å²) in [7, 11) is 5.41. The van der Waals surface area contributed by atoms with Crippen molar-refractivity contribution in [1.29, 1.82) is 0 Å². The Morgan fingerprint density at radius 1 is 0.269 bits per heavy atom. The van der Waals surface area contributed by atoms with Crippen LogP contribution in [0.2, 0.25) is 0 Å². The number of fused-ring (bicyclic) bond motifs is 6. The Kier molecular flexibility index (Phi) is 11.0. The third-order valence-corrected chi connectivity index (χ3v) is 12.8. The minimum Gasteiger partial charge on any atom is -0.320 e. The number of benzene rings is 6. The third-order valence-electron chi connectivity index (χ3n) is 7.82. The molecule has 6 aromatic rings. The van der Waals surface area contributed by atoms with Crippen molar-refractivity contribution in [1.82, 2.24) is 0 Å². The van der Waals surface area contributed by atoms with Crippen LogP contribution < -0.4 is 21.3 Å². The monoisotopic (exact) mass is 756 g/mol. The maximum atomic E-state index is 13.7. The van der Waals surface area contributed by atoms with Crippen LogP contribution in [-0.4, -0.2) is 23.6 Å². The standard InChI is InChI=1S/C40H28N4O4S4/c45-37-25-13-1-9-21-33(25)49-50-34-22-10-2-14-26(34)38(46)43-31-19-7-8-20-32(31)44-40(48)28-16-4-12-24-36(28)52-51-35-23-11-3-15-27(35)39(47)42-30-18-6-5-17-29(30)41-37/h1-24H,(H,41,45)(H,42,47)(H,43,46)(H,44,48). The minimum absolute atomic E-state index is 0.351. The van der Waals surface area contributed by atoms with E-state index in [1.54, 1.807) is 97.1 Å². The normalized spacial score (nSPS) is 13.8. The number of hydrogen-bond donors (Lipinski definition) is 4. The van der Waals surface area contributed by atoms with Crippen molar-refractivity contribution in [3.05, 3.63) is 168 Å². The highest BCUT2D eigenvalue weighted by atomic mass is 33.1. The summed E-state index contributed by atoms with van der Waals surface area (Å²) in [6, 6.07) is 42.9. The van der Waals surface area contributed by atoms with Gasteiger partial charge in [-0.15, -0.1) is 0 Å². The van der Waals surface area contributed by atoms with Gasteiger partial charge in [-0.25, -0.2) is 0 Å². The summed E-state index contributed by atoms with van der Waals surface area (Å²) in [4.78, 5) is 57.7. The molecule has 0 saturated carbocycles. The first kappa shape index (κ1) is 35.0. The van der Waals surface area contributed by atoms with Crippen molar-refractivity contribution >= 4 is 89.6 Å². The fraction of sp³-hybridized carbons (Fsp3) is 0. The Labute approximate surface area is 315 Å². The Hall–Kier alpha value is -5.40. The summed E-state index contributed by atoms with van der Waals surface area (Å²) >= 11 is 0. The molecule has 1 aliphatic heterocycles. The van der Waals surface area contributed by atoms with Gasteiger partial charge in [0, 0.05) is 19.6 Å². The van der Waals surface area contributed by atoms with E-state index >= 15 is 0 Å². The maximum absolute atomic E-state index is 13.7. The number of carbonyl (C=O) groups is 4. The molecule has 4 N–H and O–H groups in total. The molecule has 0 spiro atoms. The van der Waals surface area contributed by atoms with E-state index < -0.39 is 0 Å². The second kappa shape index (κ2) is 16.3. The fourth-order valence-electron chi connectivity index (χ4n) is 5.25. The molecule has 8 nitrogen and oxygen atoms in total. The molecule has 0 aromatic heterocycles. The Morgan fingerprint density at radius 2 is 0.462 bits per heavy atom. The Morgan fingerprint density at radius 3 is 0.692 bits per heavy atom. The molecule has 256 valence electrons. The van der Waals surface area contributed by atoms with Crippen molar-refractivity contribution in [2.24, 2.45) is 0 Å². The van der Waals surface area contributed by atoms with Crippen LogP contribution >= 0.6 is 43.2 Å². The molecule has 0 saturated heterocycles. The number of anilines is 4. The van der Waals surface area contributed by atoms with E-state index in [4.69, 9.17) is 0 Å². The third kappa shape index (κ3) is 8.05. The molecule has 12 heteroatoms. The van der Waals surface area contributed by atoms with Gasteiger partial charge in [0.25, 0.3) is 23.6 Å². The highest BCUT2D eigenvalue weighted by Gasteiger charge is 2.21. The quantitative estimate of drug-likeness (QED) is 0.113. The van der Waals surface area contributed by atoms with Gasteiger partial charge in [-0.05, 0) is 72.8 Å². The van der Waals surface area contributed by atoms with E-state index in [0.29, 0.717) is 64.6 Å². The summed E-state index contributed by atoms with van der Waals surface area (Å²) in [5, 5.41) is 11.9. The predicted molar refractivity (Wildman–Crippen MR) is 214 cm³/mol. The van der Waals surface area contributed by atoms with E-state index in [9.17, 15) is 19.2 Å². The second-order valence-corrected chi connectivity index (χ2v) is 15.7. The molecule has 0 aliphatic carbocycles. The number of para-hydroxylation sites is 4. The van der Waals surface area contributed by atoms with Gasteiger partial charge in [-0.2, -0.15) is 0 Å². The average Bonchev–Trinajstić information content (AvgIpc) is 3.17. The average molecular weight is 757 g/mol. The van der Waals surface area contributed by atoms with Gasteiger partial charge in [0.15, 0.2) is 0 Å². The molecular weight excluding hydrogens is 729 g/mol. The molecule has 0 fully saturated rings. The molecular formula is C40H28N4O4S4. The zero-order chi connectivity index (χ0) is 35.9. The summed E-state index contributed by atoms with van der Waals surface area (Å²) < 4.78 is 0. The molecule has 0 unspecified atom stereocenters. The minimum atomic E-state index is -0.351. The zero-order valence-electron chi connectivity index (χ0n) is 27.1. The molecule has 4 amide bonds. The number of hydrogen-bond acceptors (Lipinski definition) is 8. The maximum Gasteiger partial charge on any atom is 0.256 e. The molecule has 1 heterocycles. The van der Waals surface area contributed by atoms with E-state index in [1.807, 2.05) is 48.5 Å². The largest absolute Gasteiger partial charge is 0.320 e. The lowest BCUT2D eigenvalue weighted by Gasteiger charge is -2.16. The zero-order valence-corrected chi connectivity index (χ0v) is 30.4. The van der Waals surface area contributed by atoms with E-state index in [1.165, 1.54) is 43.2 Å². The fourth-order valence-corrected chi connectivity index (χ4v) is 9.97. The van der Waals surface area contributed by atoms with Crippen LogP contribution in [0.3, 0.4) is 0 Å². The molecule has 6 aromatic carbocycles. The van der Waals surface area contributed by atoms with Gasteiger partial charge in [-0.3, -0.25) is 19.2 Å². The van der Waals surface area contributed by atoms with E-state index in [0.717, 1.165) is 0 Å². The van der Waals surface area contributed by atoms with Gasteiger partial charge >= 0.3 is 0 Å². The van der Waals surface area contributed by atoms with Gasteiger partial charge in [0.05, 0.1) is 45.0 Å². The van der Waals surface area contributed by atoms with Crippen molar-refractivity contribution in [3.8, 4) is 0 Å². The lowest BCUT2D eigenvalue weighted by Crippen LogP contribution is -2.18. The number of amides is 4. The van der Waals surface area contributed by atoms with Crippen molar-refractivity contribution in [3.63, 3.8) is 0 Å².